The average Bonchev–Trinajstić information content (AvgIpc) is 3.33. The zero-order valence-electron chi connectivity index (χ0n) is 44.6. The van der Waals surface area contributed by atoms with Gasteiger partial charge in [0.1, 0.15) is 0 Å². The number of ether oxygens (including phenoxy) is 1. The molecule has 0 heterocycles. The van der Waals surface area contributed by atoms with Crippen LogP contribution in [-0.2, 0) is 14.3 Å². The fourth-order valence-electron chi connectivity index (χ4n) is 8.78. The monoisotopic (exact) mass is 940 g/mol. The lowest BCUT2D eigenvalue weighted by Gasteiger charge is -2.20. The topological polar surface area (TPSA) is 95.9 Å². The molecule has 6 heteroatoms. The van der Waals surface area contributed by atoms with Crippen molar-refractivity contribution in [3.8, 4) is 0 Å². The van der Waals surface area contributed by atoms with Gasteiger partial charge in [-0.05, 0) is 89.9 Å². The predicted octanol–water partition coefficient (Wildman–Crippen LogP) is 18.2. The fourth-order valence-corrected chi connectivity index (χ4v) is 8.78. The first kappa shape index (κ1) is 64.8. The van der Waals surface area contributed by atoms with Crippen LogP contribution in [0.2, 0.25) is 0 Å². The molecule has 2 atom stereocenters. The zero-order chi connectivity index (χ0) is 48.6. The number of carbonyl (C=O) groups is 2. The van der Waals surface area contributed by atoms with E-state index in [4.69, 9.17) is 4.74 Å². The lowest BCUT2D eigenvalue weighted by molar-refractivity contribution is -0.143. The van der Waals surface area contributed by atoms with Crippen molar-refractivity contribution in [2.75, 3.05) is 13.2 Å². The summed E-state index contributed by atoms with van der Waals surface area (Å²) in [5.41, 5.74) is 0. The highest BCUT2D eigenvalue weighted by molar-refractivity contribution is 5.76. The van der Waals surface area contributed by atoms with Crippen molar-refractivity contribution >= 4 is 11.9 Å². The predicted molar refractivity (Wildman–Crippen MR) is 292 cm³/mol. The normalized spacial score (nSPS) is 13.0. The van der Waals surface area contributed by atoms with Crippen LogP contribution >= 0.6 is 0 Å². The van der Waals surface area contributed by atoms with Crippen molar-refractivity contribution in [2.45, 2.75) is 315 Å². The molecule has 0 aliphatic rings. The molecule has 0 aromatic rings. The maximum atomic E-state index is 12.4. The Morgan fingerprint density at radius 1 is 0.418 bits per heavy atom. The number of hydrogen-bond acceptors (Lipinski definition) is 5. The van der Waals surface area contributed by atoms with Gasteiger partial charge in [-0.2, -0.15) is 0 Å². The molecule has 3 N–H and O–H groups in total. The van der Waals surface area contributed by atoms with Crippen molar-refractivity contribution in [3.63, 3.8) is 0 Å². The fraction of sp³-hybridized carbons (Fsp3) is 0.836. The minimum absolute atomic E-state index is 0.00316. The third-order valence-electron chi connectivity index (χ3n) is 13.3. The lowest BCUT2D eigenvalue weighted by atomic mass is 10.0. The Morgan fingerprint density at radius 3 is 1.18 bits per heavy atom. The Labute approximate surface area is 416 Å². The van der Waals surface area contributed by atoms with Crippen LogP contribution in [0.15, 0.2) is 48.6 Å². The zero-order valence-corrected chi connectivity index (χ0v) is 44.6. The van der Waals surface area contributed by atoms with E-state index < -0.39 is 12.1 Å². The summed E-state index contributed by atoms with van der Waals surface area (Å²) in [5.74, 6) is -0.0751. The van der Waals surface area contributed by atoms with Crippen molar-refractivity contribution in [1.29, 1.82) is 0 Å². The molecular weight excluding hydrogens is 827 g/mol. The summed E-state index contributed by atoms with van der Waals surface area (Å²) in [5, 5.41) is 23.0. The smallest absolute Gasteiger partial charge is 0.305 e. The quantitative estimate of drug-likeness (QED) is 0.0321. The van der Waals surface area contributed by atoms with Gasteiger partial charge in [0.25, 0.3) is 0 Å². The number of aliphatic hydroxyl groups excluding tert-OH is 2. The van der Waals surface area contributed by atoms with Crippen LogP contribution in [0.25, 0.3) is 0 Å². The summed E-state index contributed by atoms with van der Waals surface area (Å²) in [4.78, 5) is 24.5. The van der Waals surface area contributed by atoms with Gasteiger partial charge in [-0.15, -0.1) is 0 Å². The summed E-state index contributed by atoms with van der Waals surface area (Å²) in [6.45, 7) is 4.85. The molecule has 0 aromatic carbocycles. The largest absolute Gasteiger partial charge is 0.466 e. The van der Waals surface area contributed by atoms with E-state index in [0.29, 0.717) is 19.4 Å². The van der Waals surface area contributed by atoms with Gasteiger partial charge < -0.3 is 20.3 Å². The molecule has 0 rings (SSSR count). The number of rotatable bonds is 54. The van der Waals surface area contributed by atoms with E-state index in [1.807, 2.05) is 6.08 Å². The molecule has 6 nitrogen and oxygen atoms in total. The van der Waals surface area contributed by atoms with Gasteiger partial charge in [0, 0.05) is 12.8 Å². The molecule has 0 fully saturated rings. The van der Waals surface area contributed by atoms with Gasteiger partial charge >= 0.3 is 5.97 Å². The molecule has 392 valence electrons. The molecular formula is C61H113NO5. The Hall–Kier alpha value is -2.18. The van der Waals surface area contributed by atoms with Crippen LogP contribution in [0.5, 0.6) is 0 Å². The molecule has 0 saturated carbocycles. The molecule has 67 heavy (non-hydrogen) atoms. The summed E-state index contributed by atoms with van der Waals surface area (Å²) in [7, 11) is 0. The van der Waals surface area contributed by atoms with E-state index in [2.05, 4.69) is 55.6 Å². The lowest BCUT2D eigenvalue weighted by Crippen LogP contribution is -2.45. The van der Waals surface area contributed by atoms with Gasteiger partial charge in [-0.25, -0.2) is 0 Å². The first-order valence-electron chi connectivity index (χ1n) is 29.4. The first-order chi connectivity index (χ1) is 33.0. The van der Waals surface area contributed by atoms with E-state index >= 15 is 0 Å². The Bertz CT molecular complexity index is 1130. The van der Waals surface area contributed by atoms with Gasteiger partial charge in [0.05, 0.1) is 25.4 Å². The molecule has 2 unspecified atom stereocenters. The summed E-state index contributed by atoms with van der Waals surface area (Å²) in [6, 6.07) is -0.632. The third kappa shape index (κ3) is 53.0. The number of nitrogens with one attached hydrogen (secondary N) is 1. The van der Waals surface area contributed by atoms with E-state index in [0.717, 1.165) is 57.8 Å². The summed E-state index contributed by atoms with van der Waals surface area (Å²) < 4.78 is 5.49. The second kappa shape index (κ2) is 56.4. The number of aliphatic hydroxyl groups is 2. The van der Waals surface area contributed by atoms with Crippen LogP contribution < -0.4 is 5.32 Å². The maximum absolute atomic E-state index is 12.4. The van der Waals surface area contributed by atoms with E-state index in [-0.39, 0.29) is 18.5 Å². The minimum Gasteiger partial charge on any atom is -0.466 e. The second-order valence-electron chi connectivity index (χ2n) is 20.0. The van der Waals surface area contributed by atoms with Crippen LogP contribution in [0.3, 0.4) is 0 Å². The Balaban J connectivity index is 3.41. The van der Waals surface area contributed by atoms with Crippen molar-refractivity contribution in [3.05, 3.63) is 48.6 Å². The number of esters is 1. The SMILES string of the molecule is CCCCC/C=C\C/C=C\CCCCCCCCCCCC(=O)OCCCCCCCCCCCC/C=C\CCCCCCCCCC(=O)NC(CO)C(O)/C=C/CCCCCCCCCC. The van der Waals surface area contributed by atoms with Gasteiger partial charge in [-0.1, -0.05) is 249 Å². The van der Waals surface area contributed by atoms with Crippen molar-refractivity contribution in [1.82, 2.24) is 5.32 Å². The van der Waals surface area contributed by atoms with Crippen LogP contribution in [0, 0.1) is 0 Å². The molecule has 0 spiro atoms. The molecule has 0 radical (unpaired) electrons. The van der Waals surface area contributed by atoms with Gasteiger partial charge in [0.2, 0.25) is 5.91 Å². The number of unbranched alkanes of at least 4 members (excludes halogenated alkanes) is 37. The number of allylic oxidation sites excluding steroid dienone is 7. The van der Waals surface area contributed by atoms with Crippen molar-refractivity contribution < 1.29 is 24.5 Å². The highest BCUT2D eigenvalue weighted by Gasteiger charge is 2.18. The highest BCUT2D eigenvalue weighted by Crippen LogP contribution is 2.16. The third-order valence-corrected chi connectivity index (χ3v) is 13.3. The van der Waals surface area contributed by atoms with Crippen LogP contribution in [-0.4, -0.2) is 47.4 Å². The second-order valence-corrected chi connectivity index (χ2v) is 20.0. The number of carbonyl (C=O) groups excluding carboxylic acids is 2. The average molecular weight is 941 g/mol. The van der Waals surface area contributed by atoms with Crippen LogP contribution in [0.1, 0.15) is 303 Å². The summed E-state index contributed by atoms with van der Waals surface area (Å²) >= 11 is 0. The Morgan fingerprint density at radius 2 is 0.746 bits per heavy atom. The molecule has 0 aliphatic heterocycles. The van der Waals surface area contributed by atoms with Gasteiger partial charge in [-0.3, -0.25) is 9.59 Å². The minimum atomic E-state index is -0.848. The summed E-state index contributed by atoms with van der Waals surface area (Å²) in [6.07, 6.45) is 71.4. The van der Waals surface area contributed by atoms with E-state index in [1.54, 1.807) is 6.08 Å². The number of hydrogen-bond donors (Lipinski definition) is 3. The first-order valence-corrected chi connectivity index (χ1v) is 29.4. The highest BCUT2D eigenvalue weighted by atomic mass is 16.5. The van der Waals surface area contributed by atoms with E-state index in [1.165, 1.54) is 218 Å². The Kier molecular flexibility index (Phi) is 54.6. The van der Waals surface area contributed by atoms with Crippen molar-refractivity contribution in [2.24, 2.45) is 0 Å². The molecule has 0 aliphatic carbocycles. The van der Waals surface area contributed by atoms with Gasteiger partial charge in [0.15, 0.2) is 0 Å². The molecule has 1 amide bonds. The van der Waals surface area contributed by atoms with Crippen LogP contribution in [0.4, 0.5) is 0 Å². The molecule has 0 bridgehead atoms. The maximum Gasteiger partial charge on any atom is 0.305 e. The standard InChI is InChI=1S/C61H113NO5/c1-3-5-7-9-11-13-15-16-17-18-22-26-29-32-35-39-43-47-51-55-61(66)67-56-52-48-44-40-36-33-30-27-24-21-19-20-23-25-28-31-34-38-42-46-50-54-60(65)62-58(57-63)59(64)53-49-45-41-37-14-12-10-8-6-4-2/h11,13,16-17,20,23,49,53,58-59,63-64H,3-10,12,14-15,18-19,21-22,24-48,50-52,54-57H2,1-2H3,(H,62,65)/b13-11-,17-16-,23-20-,53-49+. The molecule has 0 aromatic heterocycles. The molecule has 0 saturated heterocycles. The number of amides is 1. The van der Waals surface area contributed by atoms with E-state index in [9.17, 15) is 19.8 Å².